The lowest BCUT2D eigenvalue weighted by Gasteiger charge is -2.25. The van der Waals surface area contributed by atoms with Gasteiger partial charge in [-0.2, -0.15) is 0 Å². The van der Waals surface area contributed by atoms with E-state index in [1.54, 1.807) is 7.11 Å². The van der Waals surface area contributed by atoms with Crippen molar-refractivity contribution in [1.29, 1.82) is 0 Å². The summed E-state index contributed by atoms with van der Waals surface area (Å²) in [6.45, 7) is 0.670. The van der Waals surface area contributed by atoms with Gasteiger partial charge in [0.15, 0.2) is 0 Å². The minimum absolute atomic E-state index is 0.140. The van der Waals surface area contributed by atoms with Crippen molar-refractivity contribution >= 4 is 21.8 Å². The van der Waals surface area contributed by atoms with Crippen LogP contribution in [0.5, 0.6) is 5.75 Å². The van der Waals surface area contributed by atoms with E-state index in [1.807, 2.05) is 24.3 Å². The van der Waals surface area contributed by atoms with E-state index in [0.29, 0.717) is 18.9 Å². The molecule has 0 bridgehead atoms. The molecule has 3 rings (SSSR count). The summed E-state index contributed by atoms with van der Waals surface area (Å²) in [5.74, 6) is 1.36. The van der Waals surface area contributed by atoms with Crippen molar-refractivity contribution in [3.8, 4) is 5.75 Å². The Hall–Kier alpha value is -1.81. The third-order valence-electron chi connectivity index (χ3n) is 4.89. The molecule has 1 atom stereocenters. The summed E-state index contributed by atoms with van der Waals surface area (Å²) in [6, 6.07) is 14.4. The van der Waals surface area contributed by atoms with E-state index in [2.05, 4.69) is 39.4 Å². The maximum absolute atomic E-state index is 12.4. The number of hydrogen-bond donors (Lipinski definition) is 1. The van der Waals surface area contributed by atoms with Gasteiger partial charge in [-0.15, -0.1) is 0 Å². The second kappa shape index (κ2) is 8.52. The highest BCUT2D eigenvalue weighted by atomic mass is 79.9. The average Bonchev–Trinajstić information content (AvgIpc) is 2.63. The molecule has 0 aromatic heterocycles. The quantitative estimate of drug-likeness (QED) is 0.766. The number of fused-ring (bicyclic) bond motifs is 1. The molecule has 0 spiro atoms. The summed E-state index contributed by atoms with van der Waals surface area (Å²) in [5.41, 5.74) is 3.86. The second-order valence-electron chi connectivity index (χ2n) is 6.55. The number of amides is 1. The number of carbonyl (C=O) groups excluding carboxylic acids is 1. The highest BCUT2D eigenvalue weighted by molar-refractivity contribution is 9.10. The van der Waals surface area contributed by atoms with Gasteiger partial charge < -0.3 is 10.1 Å². The standard InChI is InChI=1S/C21H24BrNO2/c1-25-18-9-10-19-16(13-18)6-4-7-17(19)14-21(24)23-12-11-15-5-2-3-8-20(15)22/h2-3,5,8-10,13,17H,4,6-7,11-12,14H2,1H3,(H,23,24). The van der Waals surface area contributed by atoms with Gasteiger partial charge in [0, 0.05) is 17.4 Å². The van der Waals surface area contributed by atoms with Crippen LogP contribution in [0, 0.1) is 0 Å². The number of carbonyl (C=O) groups is 1. The van der Waals surface area contributed by atoms with E-state index >= 15 is 0 Å². The van der Waals surface area contributed by atoms with Crippen LogP contribution < -0.4 is 10.1 Å². The molecule has 1 amide bonds. The summed E-state index contributed by atoms with van der Waals surface area (Å²) in [7, 11) is 1.70. The maximum atomic E-state index is 12.4. The normalized spacial score (nSPS) is 16.2. The van der Waals surface area contributed by atoms with E-state index in [-0.39, 0.29) is 5.91 Å². The third-order valence-corrected chi connectivity index (χ3v) is 5.67. The summed E-state index contributed by atoms with van der Waals surface area (Å²) >= 11 is 3.55. The van der Waals surface area contributed by atoms with Crippen LogP contribution in [-0.4, -0.2) is 19.6 Å². The van der Waals surface area contributed by atoms with Crippen LogP contribution in [0.1, 0.15) is 41.9 Å². The van der Waals surface area contributed by atoms with Crippen LogP contribution >= 0.6 is 15.9 Å². The molecule has 2 aromatic rings. The number of rotatable bonds is 6. The van der Waals surface area contributed by atoms with Crippen LogP contribution in [0.25, 0.3) is 0 Å². The van der Waals surface area contributed by atoms with Crippen LogP contribution in [0.3, 0.4) is 0 Å². The van der Waals surface area contributed by atoms with E-state index < -0.39 is 0 Å². The molecule has 0 heterocycles. The largest absolute Gasteiger partial charge is 0.497 e. The maximum Gasteiger partial charge on any atom is 0.220 e. The zero-order chi connectivity index (χ0) is 17.6. The topological polar surface area (TPSA) is 38.3 Å². The van der Waals surface area contributed by atoms with Gasteiger partial charge in [-0.3, -0.25) is 4.79 Å². The van der Waals surface area contributed by atoms with Crippen LogP contribution in [0.2, 0.25) is 0 Å². The molecular formula is C21H24BrNO2. The minimum Gasteiger partial charge on any atom is -0.497 e. The molecule has 1 aliphatic carbocycles. The first kappa shape index (κ1) is 18.0. The predicted octanol–water partition coefficient (Wildman–Crippen LogP) is 4.63. The SMILES string of the molecule is COc1ccc2c(c1)CCCC2CC(=O)NCCc1ccccc1Br. The molecule has 0 saturated carbocycles. The van der Waals surface area contributed by atoms with E-state index in [1.165, 1.54) is 16.7 Å². The molecule has 1 unspecified atom stereocenters. The Morgan fingerprint density at radius 1 is 1.28 bits per heavy atom. The molecule has 0 aliphatic heterocycles. The fraction of sp³-hybridized carbons (Fsp3) is 0.381. The molecular weight excluding hydrogens is 378 g/mol. The van der Waals surface area contributed by atoms with Crippen molar-refractivity contribution in [1.82, 2.24) is 5.32 Å². The Balaban J connectivity index is 1.54. The van der Waals surface area contributed by atoms with Gasteiger partial charge in [0.2, 0.25) is 5.91 Å². The van der Waals surface area contributed by atoms with E-state index in [4.69, 9.17) is 4.74 Å². The highest BCUT2D eigenvalue weighted by Crippen LogP contribution is 2.35. The van der Waals surface area contributed by atoms with Crippen molar-refractivity contribution in [2.24, 2.45) is 0 Å². The van der Waals surface area contributed by atoms with Crippen LogP contribution in [0.4, 0.5) is 0 Å². The van der Waals surface area contributed by atoms with Crippen molar-refractivity contribution in [3.63, 3.8) is 0 Å². The summed E-state index contributed by atoms with van der Waals surface area (Å²) in [5, 5.41) is 3.07. The first-order chi connectivity index (χ1) is 12.2. The summed E-state index contributed by atoms with van der Waals surface area (Å²) in [6.07, 6.45) is 4.69. The predicted molar refractivity (Wildman–Crippen MR) is 104 cm³/mol. The number of halogens is 1. The van der Waals surface area contributed by atoms with Crippen molar-refractivity contribution < 1.29 is 9.53 Å². The Morgan fingerprint density at radius 3 is 2.92 bits per heavy atom. The smallest absolute Gasteiger partial charge is 0.220 e. The lowest BCUT2D eigenvalue weighted by Crippen LogP contribution is -2.28. The first-order valence-electron chi connectivity index (χ1n) is 8.84. The number of aryl methyl sites for hydroxylation is 1. The fourth-order valence-electron chi connectivity index (χ4n) is 3.56. The van der Waals surface area contributed by atoms with Gasteiger partial charge >= 0.3 is 0 Å². The monoisotopic (exact) mass is 401 g/mol. The van der Waals surface area contributed by atoms with Crippen molar-refractivity contribution in [3.05, 3.63) is 63.6 Å². The lowest BCUT2D eigenvalue weighted by molar-refractivity contribution is -0.121. The summed E-state index contributed by atoms with van der Waals surface area (Å²) in [4.78, 5) is 12.4. The van der Waals surface area contributed by atoms with Gasteiger partial charge in [-0.25, -0.2) is 0 Å². The molecule has 0 radical (unpaired) electrons. The molecule has 1 N–H and O–H groups in total. The molecule has 132 valence electrons. The molecule has 4 heteroatoms. The molecule has 2 aromatic carbocycles. The Labute approximate surface area is 157 Å². The average molecular weight is 402 g/mol. The van der Waals surface area contributed by atoms with E-state index in [9.17, 15) is 4.79 Å². The molecule has 0 fully saturated rings. The Kier molecular flexibility index (Phi) is 6.14. The fourth-order valence-corrected chi connectivity index (χ4v) is 4.05. The van der Waals surface area contributed by atoms with Gasteiger partial charge in [0.25, 0.3) is 0 Å². The number of hydrogen-bond acceptors (Lipinski definition) is 2. The molecule has 0 saturated heterocycles. The lowest BCUT2D eigenvalue weighted by atomic mass is 9.81. The second-order valence-corrected chi connectivity index (χ2v) is 7.40. The number of methoxy groups -OCH3 is 1. The van der Waals surface area contributed by atoms with Gasteiger partial charge in [-0.05, 0) is 66.5 Å². The van der Waals surface area contributed by atoms with Gasteiger partial charge in [0.05, 0.1) is 7.11 Å². The number of benzene rings is 2. The van der Waals surface area contributed by atoms with Crippen LogP contribution in [-0.2, 0) is 17.6 Å². The Bertz CT molecular complexity index is 744. The Morgan fingerprint density at radius 2 is 2.12 bits per heavy atom. The minimum atomic E-state index is 0.140. The zero-order valence-electron chi connectivity index (χ0n) is 14.6. The highest BCUT2D eigenvalue weighted by Gasteiger charge is 2.23. The molecule has 3 nitrogen and oxygen atoms in total. The molecule has 1 aliphatic rings. The van der Waals surface area contributed by atoms with Gasteiger partial charge in [-0.1, -0.05) is 40.2 Å². The molecule has 25 heavy (non-hydrogen) atoms. The van der Waals surface area contributed by atoms with E-state index in [0.717, 1.165) is 35.9 Å². The van der Waals surface area contributed by atoms with Gasteiger partial charge in [0.1, 0.15) is 5.75 Å². The zero-order valence-corrected chi connectivity index (χ0v) is 16.1. The number of nitrogens with one attached hydrogen (secondary N) is 1. The third kappa shape index (κ3) is 4.63. The summed E-state index contributed by atoms with van der Waals surface area (Å²) < 4.78 is 6.41. The van der Waals surface area contributed by atoms with Crippen molar-refractivity contribution in [2.45, 2.75) is 38.0 Å². The van der Waals surface area contributed by atoms with Crippen LogP contribution in [0.15, 0.2) is 46.9 Å². The first-order valence-corrected chi connectivity index (χ1v) is 9.63. The van der Waals surface area contributed by atoms with Crippen molar-refractivity contribution in [2.75, 3.05) is 13.7 Å². The number of ether oxygens (including phenoxy) is 1.